The Morgan fingerprint density at radius 1 is 1.24 bits per heavy atom. The van der Waals surface area contributed by atoms with Crippen LogP contribution in [0.15, 0.2) is 41.4 Å². The van der Waals surface area contributed by atoms with Crippen LogP contribution < -0.4 is 5.73 Å². The quantitative estimate of drug-likeness (QED) is 0.326. The number of H-pyrrole nitrogens is 1. The van der Waals surface area contributed by atoms with E-state index in [1.165, 1.54) is 12.4 Å². The van der Waals surface area contributed by atoms with Gasteiger partial charge in [-0.25, -0.2) is 4.99 Å². The van der Waals surface area contributed by atoms with Crippen LogP contribution in [0.3, 0.4) is 0 Å². The third kappa shape index (κ3) is 3.11. The summed E-state index contributed by atoms with van der Waals surface area (Å²) < 4.78 is 2.09. The molecule has 0 unspecified atom stereocenters. The Bertz CT molecular complexity index is 989. The Morgan fingerprint density at radius 3 is 2.60 bits per heavy atom. The van der Waals surface area contributed by atoms with Gasteiger partial charge < -0.3 is 15.9 Å². The molecular formula is C17H17N5O2S. The maximum absolute atomic E-state index is 10.3. The van der Waals surface area contributed by atoms with E-state index >= 15 is 0 Å². The number of nitrogens with zero attached hydrogens (tertiary/aromatic N) is 3. The SMILES string of the molecule is CCc1cc(-c2n[nH]c(=S)n2-c2ccc(N=CN)cc2)c(O)cc1O. The first-order valence-corrected chi connectivity index (χ1v) is 8.03. The molecule has 0 amide bonds. The zero-order chi connectivity index (χ0) is 18.0. The molecule has 7 nitrogen and oxygen atoms in total. The van der Waals surface area contributed by atoms with Gasteiger partial charge in [-0.05, 0) is 54.5 Å². The van der Waals surface area contributed by atoms with Crippen molar-refractivity contribution in [2.75, 3.05) is 0 Å². The minimum atomic E-state index is -0.0747. The number of aryl methyl sites for hydroxylation is 1. The summed E-state index contributed by atoms with van der Waals surface area (Å²) in [5.74, 6) is 0.426. The molecule has 0 bridgehead atoms. The minimum absolute atomic E-state index is 0.0495. The lowest BCUT2D eigenvalue weighted by atomic mass is 10.1. The summed E-state index contributed by atoms with van der Waals surface area (Å²) >= 11 is 5.33. The molecule has 0 saturated heterocycles. The molecule has 1 heterocycles. The molecule has 2 aromatic carbocycles. The first-order chi connectivity index (χ1) is 12.0. The van der Waals surface area contributed by atoms with Gasteiger partial charge in [0, 0.05) is 6.07 Å². The summed E-state index contributed by atoms with van der Waals surface area (Å²) in [7, 11) is 0. The first kappa shape index (κ1) is 16.7. The Kier molecular flexibility index (Phi) is 4.53. The number of hydrogen-bond acceptors (Lipinski definition) is 5. The lowest BCUT2D eigenvalue weighted by Crippen LogP contribution is -1.98. The first-order valence-electron chi connectivity index (χ1n) is 7.62. The van der Waals surface area contributed by atoms with Crippen LogP contribution in [0, 0.1) is 4.77 Å². The van der Waals surface area contributed by atoms with E-state index in [4.69, 9.17) is 18.0 Å². The van der Waals surface area contributed by atoms with Gasteiger partial charge in [0.15, 0.2) is 10.6 Å². The van der Waals surface area contributed by atoms with Gasteiger partial charge in [-0.3, -0.25) is 9.67 Å². The highest BCUT2D eigenvalue weighted by atomic mass is 32.1. The van der Waals surface area contributed by atoms with Crippen molar-refractivity contribution >= 4 is 24.2 Å². The average Bonchev–Trinajstić information content (AvgIpc) is 2.97. The van der Waals surface area contributed by atoms with E-state index in [0.29, 0.717) is 33.8 Å². The third-order valence-corrected chi connectivity index (χ3v) is 4.10. The van der Waals surface area contributed by atoms with E-state index in [2.05, 4.69) is 15.2 Å². The van der Waals surface area contributed by atoms with Crippen LogP contribution >= 0.6 is 12.2 Å². The van der Waals surface area contributed by atoms with E-state index in [1.807, 2.05) is 19.1 Å². The average molecular weight is 355 g/mol. The lowest BCUT2D eigenvalue weighted by molar-refractivity contribution is 0.447. The van der Waals surface area contributed by atoms with E-state index in [9.17, 15) is 10.2 Å². The Labute approximate surface area is 149 Å². The molecule has 25 heavy (non-hydrogen) atoms. The summed E-state index contributed by atoms with van der Waals surface area (Å²) in [6.07, 6.45) is 1.85. The second-order valence-electron chi connectivity index (χ2n) is 5.33. The molecule has 0 fully saturated rings. The molecule has 3 rings (SSSR count). The standard InChI is InChI=1S/C17H17N5O2S/c1-2-10-7-13(15(24)8-14(10)23)16-20-21-17(25)22(16)12-5-3-11(4-6-12)19-9-18/h3-9,23-24H,2H2,1H3,(H2,18,19)(H,21,25). The molecule has 0 atom stereocenters. The molecule has 1 aromatic heterocycles. The molecule has 0 spiro atoms. The van der Waals surface area contributed by atoms with Crippen molar-refractivity contribution in [1.82, 2.24) is 14.8 Å². The molecule has 0 aliphatic rings. The fraction of sp³-hybridized carbons (Fsp3) is 0.118. The topological polar surface area (TPSA) is 112 Å². The van der Waals surface area contributed by atoms with Gasteiger partial charge in [-0.1, -0.05) is 6.92 Å². The predicted octanol–water partition coefficient (Wildman–Crippen LogP) is 3.19. The Balaban J connectivity index is 2.16. The Hall–Kier alpha value is -3.13. The van der Waals surface area contributed by atoms with Crippen molar-refractivity contribution in [3.05, 3.63) is 46.7 Å². The van der Waals surface area contributed by atoms with E-state index < -0.39 is 0 Å². The molecule has 3 aromatic rings. The van der Waals surface area contributed by atoms with E-state index in [0.717, 1.165) is 5.69 Å². The van der Waals surface area contributed by atoms with Crippen molar-refractivity contribution in [1.29, 1.82) is 0 Å². The minimum Gasteiger partial charge on any atom is -0.508 e. The van der Waals surface area contributed by atoms with Gasteiger partial charge in [0.1, 0.15) is 11.5 Å². The van der Waals surface area contributed by atoms with Gasteiger partial charge in [-0.15, -0.1) is 0 Å². The molecular weight excluding hydrogens is 338 g/mol. The summed E-state index contributed by atoms with van der Waals surface area (Å²) in [6.45, 7) is 1.92. The number of nitrogens with two attached hydrogens (primary N) is 1. The fourth-order valence-corrected chi connectivity index (χ4v) is 2.81. The normalized spacial score (nSPS) is 11.2. The zero-order valence-electron chi connectivity index (χ0n) is 13.5. The summed E-state index contributed by atoms with van der Waals surface area (Å²) in [5, 5.41) is 27.1. The number of aliphatic imine (C=N–C) groups is 1. The monoisotopic (exact) mass is 355 g/mol. The van der Waals surface area contributed by atoms with Crippen LogP contribution in [0.2, 0.25) is 0 Å². The molecule has 128 valence electrons. The van der Waals surface area contributed by atoms with Crippen LogP contribution in [0.1, 0.15) is 12.5 Å². The fourth-order valence-electron chi connectivity index (χ4n) is 2.58. The maximum Gasteiger partial charge on any atom is 0.200 e. The number of aromatic nitrogens is 3. The number of nitrogens with one attached hydrogen (secondary N) is 1. The number of phenolic OH excluding ortho intramolecular Hbond substituents is 2. The molecule has 0 aliphatic carbocycles. The molecule has 0 radical (unpaired) electrons. The van der Waals surface area contributed by atoms with Gasteiger partial charge in [-0.2, -0.15) is 5.10 Å². The highest BCUT2D eigenvalue weighted by Gasteiger charge is 2.17. The van der Waals surface area contributed by atoms with E-state index in [-0.39, 0.29) is 11.5 Å². The van der Waals surface area contributed by atoms with Crippen LogP contribution in [0.5, 0.6) is 11.5 Å². The highest BCUT2D eigenvalue weighted by Crippen LogP contribution is 2.35. The van der Waals surface area contributed by atoms with Crippen molar-refractivity contribution in [3.8, 4) is 28.6 Å². The largest absolute Gasteiger partial charge is 0.508 e. The van der Waals surface area contributed by atoms with Gasteiger partial charge in [0.2, 0.25) is 0 Å². The second kappa shape index (κ2) is 6.78. The maximum atomic E-state index is 10.3. The van der Waals surface area contributed by atoms with Crippen molar-refractivity contribution in [3.63, 3.8) is 0 Å². The summed E-state index contributed by atoms with van der Waals surface area (Å²) in [4.78, 5) is 4.00. The molecule has 0 aliphatic heterocycles. The summed E-state index contributed by atoms with van der Waals surface area (Å²) in [5.41, 5.74) is 7.95. The van der Waals surface area contributed by atoms with Crippen LogP contribution in [-0.2, 0) is 6.42 Å². The lowest BCUT2D eigenvalue weighted by Gasteiger charge is -2.11. The number of benzene rings is 2. The molecule has 5 N–H and O–H groups in total. The van der Waals surface area contributed by atoms with Gasteiger partial charge in [0.05, 0.1) is 23.3 Å². The third-order valence-electron chi connectivity index (χ3n) is 3.82. The Morgan fingerprint density at radius 2 is 1.96 bits per heavy atom. The molecule has 0 saturated carbocycles. The van der Waals surface area contributed by atoms with Crippen LogP contribution in [0.4, 0.5) is 5.69 Å². The number of rotatable bonds is 4. The highest BCUT2D eigenvalue weighted by molar-refractivity contribution is 7.71. The van der Waals surface area contributed by atoms with Crippen molar-refractivity contribution < 1.29 is 10.2 Å². The number of hydrogen-bond donors (Lipinski definition) is 4. The molecule has 8 heteroatoms. The smallest absolute Gasteiger partial charge is 0.200 e. The summed E-state index contributed by atoms with van der Waals surface area (Å²) in [6, 6.07) is 10.3. The van der Waals surface area contributed by atoms with Crippen molar-refractivity contribution in [2.45, 2.75) is 13.3 Å². The van der Waals surface area contributed by atoms with E-state index in [1.54, 1.807) is 22.8 Å². The number of phenols is 2. The van der Waals surface area contributed by atoms with Crippen LogP contribution in [0.25, 0.3) is 17.1 Å². The van der Waals surface area contributed by atoms with Crippen LogP contribution in [-0.4, -0.2) is 31.3 Å². The van der Waals surface area contributed by atoms with Gasteiger partial charge >= 0.3 is 0 Å². The van der Waals surface area contributed by atoms with Crippen molar-refractivity contribution in [2.24, 2.45) is 10.7 Å². The zero-order valence-corrected chi connectivity index (χ0v) is 14.3. The number of aromatic amines is 1. The predicted molar refractivity (Wildman–Crippen MR) is 99.2 cm³/mol. The second-order valence-corrected chi connectivity index (χ2v) is 5.72. The van der Waals surface area contributed by atoms with Gasteiger partial charge in [0.25, 0.3) is 0 Å². The number of aromatic hydroxyl groups is 2.